The molecule has 0 aliphatic heterocycles. The highest BCUT2D eigenvalue weighted by Crippen LogP contribution is 2.37. The summed E-state index contributed by atoms with van der Waals surface area (Å²) in [7, 11) is 3.64. The van der Waals surface area contributed by atoms with E-state index in [1.807, 2.05) is 31.3 Å². The van der Waals surface area contributed by atoms with Crippen LogP contribution in [-0.2, 0) is 24.2 Å². The molecule has 1 aliphatic carbocycles. The number of carbonyl (C=O) groups is 1. The predicted molar refractivity (Wildman–Crippen MR) is 103 cm³/mol. The van der Waals surface area contributed by atoms with Gasteiger partial charge in [0.2, 0.25) is 0 Å². The van der Waals surface area contributed by atoms with Gasteiger partial charge in [-0.05, 0) is 43.4 Å². The third-order valence-corrected chi connectivity index (χ3v) is 5.85. The van der Waals surface area contributed by atoms with Crippen molar-refractivity contribution in [3.8, 4) is 11.8 Å². The molecule has 2 aromatic rings. The van der Waals surface area contributed by atoms with Crippen LogP contribution in [0.25, 0.3) is 0 Å². The summed E-state index contributed by atoms with van der Waals surface area (Å²) >= 11 is 1.57. The van der Waals surface area contributed by atoms with E-state index in [1.165, 1.54) is 11.3 Å². The third kappa shape index (κ3) is 4.24. The number of amides is 1. The summed E-state index contributed by atoms with van der Waals surface area (Å²) in [5, 5.41) is 13.2. The molecule has 0 spiro atoms. The largest absolute Gasteiger partial charge is 0.497 e. The molecule has 5 nitrogen and oxygen atoms in total. The Morgan fingerprint density at radius 1 is 1.38 bits per heavy atom. The predicted octanol–water partition coefficient (Wildman–Crippen LogP) is 2.16. The first kappa shape index (κ1) is 18.4. The normalized spacial score (nSPS) is 14.2. The summed E-state index contributed by atoms with van der Waals surface area (Å²) in [5.41, 5.74) is 2.94. The zero-order valence-corrected chi connectivity index (χ0v) is 16.0. The number of carbonyl (C=O) groups excluding carboxylic acids is 1. The molecule has 1 amide bonds. The Kier molecular flexibility index (Phi) is 5.92. The van der Waals surface area contributed by atoms with E-state index >= 15 is 0 Å². The van der Waals surface area contributed by atoms with Gasteiger partial charge in [0, 0.05) is 10.4 Å². The Hall–Kier alpha value is -2.36. The topological polar surface area (TPSA) is 66.6 Å². The van der Waals surface area contributed by atoms with E-state index in [4.69, 9.17) is 4.74 Å². The highest BCUT2D eigenvalue weighted by atomic mass is 32.1. The molecule has 1 unspecified atom stereocenters. The number of ether oxygens (including phenoxy) is 1. The molecule has 2 N–H and O–H groups in total. The first-order chi connectivity index (χ1) is 12.6. The smallest absolute Gasteiger partial charge is 0.280 e. The van der Waals surface area contributed by atoms with E-state index in [-0.39, 0.29) is 5.91 Å². The molecule has 1 aromatic heterocycles. The van der Waals surface area contributed by atoms with E-state index in [2.05, 4.69) is 11.4 Å². The van der Waals surface area contributed by atoms with Gasteiger partial charge in [0.1, 0.15) is 23.4 Å². The number of nitriles is 1. The zero-order valence-electron chi connectivity index (χ0n) is 15.2. The van der Waals surface area contributed by atoms with Crippen molar-refractivity contribution >= 4 is 22.2 Å². The molecule has 136 valence electrons. The van der Waals surface area contributed by atoms with Crippen LogP contribution in [0.2, 0.25) is 0 Å². The monoisotopic (exact) mass is 370 g/mol. The Morgan fingerprint density at radius 3 is 2.96 bits per heavy atom. The van der Waals surface area contributed by atoms with Gasteiger partial charge in [0.15, 0.2) is 6.54 Å². The lowest BCUT2D eigenvalue weighted by atomic mass is 9.96. The number of likely N-dealkylation sites (N-methyl/N-ethyl adjacent to an activating group) is 1. The maximum Gasteiger partial charge on any atom is 0.280 e. The molecule has 0 saturated heterocycles. The fourth-order valence-electron chi connectivity index (χ4n) is 3.41. The number of quaternary nitrogens is 1. The van der Waals surface area contributed by atoms with Crippen molar-refractivity contribution in [3.63, 3.8) is 0 Å². The molecule has 1 heterocycles. The minimum absolute atomic E-state index is 0.0551. The molecule has 1 aromatic carbocycles. The van der Waals surface area contributed by atoms with Crippen LogP contribution >= 0.6 is 11.3 Å². The zero-order chi connectivity index (χ0) is 18.5. The van der Waals surface area contributed by atoms with Crippen molar-refractivity contribution in [2.75, 3.05) is 26.0 Å². The van der Waals surface area contributed by atoms with Gasteiger partial charge in [0.05, 0.1) is 19.7 Å². The first-order valence-electron chi connectivity index (χ1n) is 8.89. The number of thiophene rings is 1. The van der Waals surface area contributed by atoms with Crippen LogP contribution in [0, 0.1) is 11.3 Å². The third-order valence-electron chi connectivity index (χ3n) is 4.64. The molecule has 6 heteroatoms. The van der Waals surface area contributed by atoms with Crippen molar-refractivity contribution in [2.24, 2.45) is 0 Å². The minimum atomic E-state index is -0.0551. The van der Waals surface area contributed by atoms with Crippen molar-refractivity contribution < 1.29 is 14.4 Å². The SMILES string of the molecule is COc1cccc(C[NH+](C)CC(=O)Nc2sc3c(c2C#N)CCCC3)c1. The molecule has 3 rings (SSSR count). The van der Waals surface area contributed by atoms with Crippen molar-refractivity contribution in [3.05, 3.63) is 45.8 Å². The number of hydrogen-bond acceptors (Lipinski definition) is 4. The van der Waals surface area contributed by atoms with Crippen molar-refractivity contribution in [1.82, 2.24) is 0 Å². The molecule has 0 radical (unpaired) electrons. The van der Waals surface area contributed by atoms with Gasteiger partial charge in [-0.25, -0.2) is 0 Å². The molecule has 0 saturated carbocycles. The summed E-state index contributed by atoms with van der Waals surface area (Å²) in [5.74, 6) is 0.767. The lowest BCUT2D eigenvalue weighted by Gasteiger charge is -2.14. The summed E-state index contributed by atoms with van der Waals surface area (Å²) in [4.78, 5) is 14.8. The number of nitrogens with zero attached hydrogens (tertiary/aromatic N) is 1. The van der Waals surface area contributed by atoms with Gasteiger partial charge in [-0.1, -0.05) is 12.1 Å². The fraction of sp³-hybridized carbons (Fsp3) is 0.400. The molecule has 0 fully saturated rings. The van der Waals surface area contributed by atoms with Crippen molar-refractivity contribution in [1.29, 1.82) is 5.26 Å². The van der Waals surface area contributed by atoms with Crippen LogP contribution in [0.3, 0.4) is 0 Å². The van der Waals surface area contributed by atoms with Crippen LogP contribution in [0.1, 0.15) is 34.4 Å². The highest BCUT2D eigenvalue weighted by Gasteiger charge is 2.22. The first-order valence-corrected chi connectivity index (χ1v) is 9.71. The molecule has 26 heavy (non-hydrogen) atoms. The van der Waals surface area contributed by atoms with Crippen LogP contribution in [0.5, 0.6) is 5.75 Å². The average molecular weight is 370 g/mol. The molecule has 1 atom stereocenters. The molecular formula is C20H24N3O2S+. The average Bonchev–Trinajstić information content (AvgIpc) is 2.98. The number of methoxy groups -OCH3 is 1. The van der Waals surface area contributed by atoms with Gasteiger partial charge in [-0.15, -0.1) is 11.3 Å². The molecule has 0 bridgehead atoms. The number of benzene rings is 1. The Morgan fingerprint density at radius 2 is 2.19 bits per heavy atom. The minimum Gasteiger partial charge on any atom is -0.497 e. The summed E-state index contributed by atoms with van der Waals surface area (Å²) < 4.78 is 5.24. The van der Waals surface area contributed by atoms with Gasteiger partial charge >= 0.3 is 0 Å². The fourth-order valence-corrected chi connectivity index (χ4v) is 4.67. The molecular weight excluding hydrogens is 346 g/mol. The summed E-state index contributed by atoms with van der Waals surface area (Å²) in [6, 6.07) is 10.2. The van der Waals surface area contributed by atoms with E-state index in [0.29, 0.717) is 12.1 Å². The number of rotatable bonds is 6. The number of fused-ring (bicyclic) bond motifs is 1. The maximum absolute atomic E-state index is 12.5. The van der Waals surface area contributed by atoms with E-state index in [1.54, 1.807) is 18.4 Å². The molecule has 1 aliphatic rings. The summed E-state index contributed by atoms with van der Waals surface area (Å²) in [6.07, 6.45) is 4.26. The van der Waals surface area contributed by atoms with Gasteiger partial charge < -0.3 is 15.0 Å². The number of nitrogens with one attached hydrogen (secondary N) is 2. The Labute approximate surface area is 158 Å². The van der Waals surface area contributed by atoms with Gasteiger partial charge in [-0.3, -0.25) is 4.79 Å². The second kappa shape index (κ2) is 8.35. The summed E-state index contributed by atoms with van der Waals surface area (Å²) in [6.45, 7) is 1.08. The number of hydrogen-bond donors (Lipinski definition) is 2. The number of anilines is 1. The van der Waals surface area contributed by atoms with E-state index < -0.39 is 0 Å². The van der Waals surface area contributed by atoms with Crippen LogP contribution in [0.15, 0.2) is 24.3 Å². The van der Waals surface area contributed by atoms with Crippen LogP contribution in [-0.4, -0.2) is 26.6 Å². The second-order valence-corrected chi connectivity index (χ2v) is 7.84. The standard InChI is InChI=1S/C20H23N3O2S/c1-23(12-14-6-5-7-15(10-14)25-2)13-19(24)22-20-17(11-21)16-8-3-4-9-18(16)26-20/h5-7,10H,3-4,8-9,12-13H2,1-2H3,(H,22,24)/p+1. The lowest BCUT2D eigenvalue weighted by Crippen LogP contribution is -3.08. The van der Waals surface area contributed by atoms with Gasteiger partial charge in [-0.2, -0.15) is 5.26 Å². The van der Waals surface area contributed by atoms with E-state index in [9.17, 15) is 10.1 Å². The lowest BCUT2D eigenvalue weighted by molar-refractivity contribution is -0.885. The van der Waals surface area contributed by atoms with E-state index in [0.717, 1.165) is 52.6 Å². The number of aryl methyl sites for hydroxylation is 1. The Bertz CT molecular complexity index is 838. The van der Waals surface area contributed by atoms with Crippen molar-refractivity contribution in [2.45, 2.75) is 32.2 Å². The van der Waals surface area contributed by atoms with Crippen LogP contribution in [0.4, 0.5) is 5.00 Å². The van der Waals surface area contributed by atoms with Gasteiger partial charge in [0.25, 0.3) is 5.91 Å². The maximum atomic E-state index is 12.5. The Balaban J connectivity index is 1.62. The highest BCUT2D eigenvalue weighted by molar-refractivity contribution is 7.16. The quantitative estimate of drug-likeness (QED) is 0.819. The second-order valence-electron chi connectivity index (χ2n) is 6.74. The van der Waals surface area contributed by atoms with Crippen LogP contribution < -0.4 is 15.0 Å².